The van der Waals surface area contributed by atoms with Crippen molar-refractivity contribution in [3.8, 4) is 0 Å². The number of nitrogen functional groups attached to an aromatic ring is 1. The Morgan fingerprint density at radius 1 is 1.29 bits per heavy atom. The number of nitrogens with two attached hydrogens (primary N) is 1. The number of halogens is 2. The second kappa shape index (κ2) is 6.43. The summed E-state index contributed by atoms with van der Waals surface area (Å²) in [6.45, 7) is 2.08. The summed E-state index contributed by atoms with van der Waals surface area (Å²) in [6.07, 6.45) is 3.31. The number of aryl methyl sites for hydroxylation is 1. The van der Waals surface area contributed by atoms with Crippen LogP contribution in [-0.4, -0.2) is 13.4 Å². The highest BCUT2D eigenvalue weighted by atomic mass is 79.9. The third kappa shape index (κ3) is 3.82. The molecular weight excluding hydrogens is 422 g/mol. The van der Waals surface area contributed by atoms with E-state index in [9.17, 15) is 8.42 Å². The first-order chi connectivity index (χ1) is 9.81. The van der Waals surface area contributed by atoms with E-state index in [-0.39, 0.29) is 11.4 Å². The van der Waals surface area contributed by atoms with Crippen LogP contribution in [0.5, 0.6) is 0 Å². The number of hydrogen-bond acceptors (Lipinski definition) is 4. The van der Waals surface area contributed by atoms with Gasteiger partial charge in [-0.3, -0.25) is 4.98 Å². The molecule has 0 amide bonds. The summed E-state index contributed by atoms with van der Waals surface area (Å²) in [4.78, 5) is 4.12. The highest BCUT2D eigenvalue weighted by Gasteiger charge is 2.21. The second-order valence-electron chi connectivity index (χ2n) is 4.44. The molecule has 21 heavy (non-hydrogen) atoms. The minimum absolute atomic E-state index is 0.123. The molecule has 0 bridgehead atoms. The summed E-state index contributed by atoms with van der Waals surface area (Å²) in [6, 6.07) is 4.93. The van der Waals surface area contributed by atoms with Gasteiger partial charge in [0, 0.05) is 33.6 Å². The maximum absolute atomic E-state index is 12.4. The summed E-state index contributed by atoms with van der Waals surface area (Å²) in [7, 11) is -3.68. The molecule has 0 aliphatic rings. The highest BCUT2D eigenvalue weighted by molar-refractivity contribution is 9.11. The van der Waals surface area contributed by atoms with Gasteiger partial charge in [-0.2, -0.15) is 0 Å². The van der Waals surface area contributed by atoms with Crippen LogP contribution < -0.4 is 10.5 Å². The standard InChI is InChI=1S/C13H13Br2N3O2S/c1-8-2-3-17-6-9(8)7-18-21(19,20)13-11(14)4-10(16)5-12(13)15/h2-6,18H,7,16H2,1H3. The number of anilines is 1. The SMILES string of the molecule is Cc1ccncc1CNS(=O)(=O)c1c(Br)cc(N)cc1Br. The molecule has 0 saturated heterocycles. The predicted molar refractivity (Wildman–Crippen MR) is 89.3 cm³/mol. The average Bonchev–Trinajstić information content (AvgIpc) is 2.36. The number of pyridine rings is 1. The van der Waals surface area contributed by atoms with E-state index in [0.717, 1.165) is 11.1 Å². The first-order valence-electron chi connectivity index (χ1n) is 5.95. The largest absolute Gasteiger partial charge is 0.399 e. The normalized spacial score (nSPS) is 11.6. The van der Waals surface area contributed by atoms with Gasteiger partial charge in [-0.25, -0.2) is 13.1 Å². The molecule has 0 radical (unpaired) electrons. The maximum Gasteiger partial charge on any atom is 0.243 e. The van der Waals surface area contributed by atoms with Crippen molar-refractivity contribution in [1.29, 1.82) is 0 Å². The van der Waals surface area contributed by atoms with E-state index in [2.05, 4.69) is 41.6 Å². The Labute approximate surface area is 140 Å². The van der Waals surface area contributed by atoms with Gasteiger partial charge in [-0.1, -0.05) is 0 Å². The fraction of sp³-hybridized carbons (Fsp3) is 0.154. The van der Waals surface area contributed by atoms with E-state index in [1.165, 1.54) is 0 Å². The lowest BCUT2D eigenvalue weighted by atomic mass is 10.2. The fourth-order valence-corrected chi connectivity index (χ4v) is 5.38. The van der Waals surface area contributed by atoms with Crippen molar-refractivity contribution < 1.29 is 8.42 Å². The number of nitrogens with zero attached hydrogens (tertiary/aromatic N) is 1. The van der Waals surface area contributed by atoms with Gasteiger partial charge in [-0.15, -0.1) is 0 Å². The minimum Gasteiger partial charge on any atom is -0.399 e. The Hall–Kier alpha value is -0.960. The van der Waals surface area contributed by atoms with Crippen molar-refractivity contribution in [2.75, 3.05) is 5.73 Å². The average molecular weight is 435 g/mol. The summed E-state index contributed by atoms with van der Waals surface area (Å²) in [5, 5.41) is 0. The van der Waals surface area contributed by atoms with Gasteiger partial charge in [0.2, 0.25) is 10.0 Å². The molecule has 0 atom stereocenters. The lowest BCUT2D eigenvalue weighted by Gasteiger charge is -2.12. The van der Waals surface area contributed by atoms with Crippen LogP contribution in [0.25, 0.3) is 0 Å². The fourth-order valence-electron chi connectivity index (χ4n) is 1.76. The monoisotopic (exact) mass is 433 g/mol. The van der Waals surface area contributed by atoms with Gasteiger partial charge in [0.25, 0.3) is 0 Å². The Morgan fingerprint density at radius 3 is 2.48 bits per heavy atom. The molecule has 1 heterocycles. The van der Waals surface area contributed by atoms with Crippen LogP contribution in [0.15, 0.2) is 44.4 Å². The molecule has 0 fully saturated rings. The zero-order valence-corrected chi connectivity index (χ0v) is 15.1. The smallest absolute Gasteiger partial charge is 0.243 e. The van der Waals surface area contributed by atoms with Crippen LogP contribution in [0.2, 0.25) is 0 Å². The molecule has 0 saturated carbocycles. The Kier molecular flexibility index (Phi) is 5.03. The Morgan fingerprint density at radius 2 is 1.90 bits per heavy atom. The summed E-state index contributed by atoms with van der Waals surface area (Å²) >= 11 is 6.47. The summed E-state index contributed by atoms with van der Waals surface area (Å²) in [5.41, 5.74) is 7.94. The van der Waals surface area contributed by atoms with Crippen LogP contribution in [0.1, 0.15) is 11.1 Å². The van der Waals surface area contributed by atoms with Crippen LogP contribution in [0.3, 0.4) is 0 Å². The van der Waals surface area contributed by atoms with Gasteiger partial charge in [0.05, 0.1) is 0 Å². The van der Waals surface area contributed by atoms with Crippen LogP contribution >= 0.6 is 31.9 Å². The zero-order valence-electron chi connectivity index (χ0n) is 11.1. The first kappa shape index (κ1) is 16.4. The molecule has 3 N–H and O–H groups in total. The van der Waals surface area contributed by atoms with Crippen molar-refractivity contribution in [3.05, 3.63) is 50.7 Å². The van der Waals surface area contributed by atoms with Crippen LogP contribution in [0.4, 0.5) is 5.69 Å². The topological polar surface area (TPSA) is 85.1 Å². The molecule has 0 aliphatic carbocycles. The number of sulfonamides is 1. The number of aromatic nitrogens is 1. The van der Waals surface area contributed by atoms with Gasteiger partial charge in [0.15, 0.2) is 0 Å². The molecule has 0 aliphatic heterocycles. The third-order valence-corrected chi connectivity index (χ3v) is 6.17. The van der Waals surface area contributed by atoms with Crippen LogP contribution in [-0.2, 0) is 16.6 Å². The van der Waals surface area contributed by atoms with E-state index >= 15 is 0 Å². The minimum atomic E-state index is -3.68. The van der Waals surface area contributed by atoms with E-state index in [1.807, 2.05) is 13.0 Å². The number of rotatable bonds is 4. The number of nitrogens with one attached hydrogen (secondary N) is 1. The van der Waals surface area contributed by atoms with E-state index < -0.39 is 10.0 Å². The molecule has 0 unspecified atom stereocenters. The third-order valence-electron chi connectivity index (χ3n) is 2.89. The Bertz CT molecular complexity index is 756. The molecule has 112 valence electrons. The van der Waals surface area contributed by atoms with E-state index in [0.29, 0.717) is 14.6 Å². The quantitative estimate of drug-likeness (QED) is 0.724. The van der Waals surface area contributed by atoms with E-state index in [1.54, 1.807) is 24.5 Å². The number of benzene rings is 1. The lowest BCUT2D eigenvalue weighted by Crippen LogP contribution is -2.24. The predicted octanol–water partition coefficient (Wildman–Crippen LogP) is 2.98. The zero-order chi connectivity index (χ0) is 15.6. The van der Waals surface area contributed by atoms with Crippen molar-refractivity contribution in [1.82, 2.24) is 9.71 Å². The molecular formula is C13H13Br2N3O2S. The van der Waals surface area contributed by atoms with Gasteiger partial charge in [0.1, 0.15) is 4.90 Å². The number of hydrogen-bond donors (Lipinski definition) is 2. The van der Waals surface area contributed by atoms with Crippen molar-refractivity contribution in [2.24, 2.45) is 0 Å². The summed E-state index contributed by atoms with van der Waals surface area (Å²) < 4.78 is 28.3. The first-order valence-corrected chi connectivity index (χ1v) is 9.02. The lowest BCUT2D eigenvalue weighted by molar-refractivity contribution is 0.580. The molecule has 5 nitrogen and oxygen atoms in total. The molecule has 0 spiro atoms. The van der Waals surface area contributed by atoms with E-state index in [4.69, 9.17) is 5.73 Å². The molecule has 8 heteroatoms. The maximum atomic E-state index is 12.4. The molecule has 1 aromatic carbocycles. The van der Waals surface area contributed by atoms with Gasteiger partial charge in [-0.05, 0) is 68.1 Å². The van der Waals surface area contributed by atoms with Gasteiger partial charge < -0.3 is 5.73 Å². The molecule has 2 rings (SSSR count). The Balaban J connectivity index is 2.30. The van der Waals surface area contributed by atoms with Crippen molar-refractivity contribution >= 4 is 47.6 Å². The van der Waals surface area contributed by atoms with Gasteiger partial charge >= 0.3 is 0 Å². The molecule has 2 aromatic rings. The molecule has 1 aromatic heterocycles. The van der Waals surface area contributed by atoms with Crippen LogP contribution in [0, 0.1) is 6.92 Å². The highest BCUT2D eigenvalue weighted by Crippen LogP contribution is 2.32. The van der Waals surface area contributed by atoms with Crippen molar-refractivity contribution in [2.45, 2.75) is 18.4 Å². The summed E-state index contributed by atoms with van der Waals surface area (Å²) in [5.74, 6) is 0. The van der Waals surface area contributed by atoms with Crippen molar-refractivity contribution in [3.63, 3.8) is 0 Å². The second-order valence-corrected chi connectivity index (χ2v) is 7.85.